The van der Waals surface area contributed by atoms with Crippen LogP contribution in [-0.4, -0.2) is 37.4 Å². The van der Waals surface area contributed by atoms with Crippen LogP contribution in [0.25, 0.3) is 0 Å². The number of hydrogen-bond donors (Lipinski definition) is 0. The van der Waals surface area contributed by atoms with Crippen LogP contribution >= 0.6 is 0 Å². The van der Waals surface area contributed by atoms with Crippen molar-refractivity contribution in [1.82, 2.24) is 0 Å². The van der Waals surface area contributed by atoms with Gasteiger partial charge in [-0.1, -0.05) is 0 Å². The van der Waals surface area contributed by atoms with Gasteiger partial charge in [-0.25, -0.2) is 0 Å². The van der Waals surface area contributed by atoms with Crippen LogP contribution in [0.15, 0.2) is 0 Å². The fourth-order valence-electron chi connectivity index (χ4n) is 1.53. The zero-order valence-corrected chi connectivity index (χ0v) is 10.8. The summed E-state index contributed by atoms with van der Waals surface area (Å²) in [5, 5.41) is 19.9. The molecule has 6 nitrogen and oxygen atoms in total. The van der Waals surface area contributed by atoms with Crippen molar-refractivity contribution < 1.29 is 67.0 Å². The molecule has 18 heavy (non-hydrogen) atoms. The van der Waals surface area contributed by atoms with Crippen LogP contribution in [-0.2, 0) is 19.1 Å². The summed E-state index contributed by atoms with van der Waals surface area (Å²) in [5.41, 5.74) is 0. The minimum atomic E-state index is -1.08. The third-order valence-electron chi connectivity index (χ3n) is 2.39. The second-order valence-corrected chi connectivity index (χ2v) is 3.64. The van der Waals surface area contributed by atoms with Gasteiger partial charge >= 0.3 is 37.7 Å². The Morgan fingerprint density at radius 3 is 1.28 bits per heavy atom. The number of carboxylic acids is 2. The van der Waals surface area contributed by atoms with Gasteiger partial charge in [-0.3, -0.25) is 0 Å². The molecule has 0 amide bonds. The number of aliphatic carboxylic acids is 2. The fourth-order valence-corrected chi connectivity index (χ4v) is 1.53. The first kappa shape index (κ1) is 20.4. The van der Waals surface area contributed by atoms with Crippen molar-refractivity contribution in [2.75, 3.05) is 13.2 Å². The van der Waals surface area contributed by atoms with Gasteiger partial charge in [-0.05, 0) is 25.7 Å². The molecule has 0 saturated carbocycles. The van der Waals surface area contributed by atoms with Gasteiger partial charge in [0.05, 0.1) is 24.1 Å². The van der Waals surface area contributed by atoms with Gasteiger partial charge in [0.25, 0.3) is 0 Å². The fraction of sp³-hybridized carbons (Fsp3) is 0.800. The Labute approximate surface area is 130 Å². The van der Waals surface area contributed by atoms with E-state index in [4.69, 9.17) is 9.47 Å². The Morgan fingerprint density at radius 2 is 1.17 bits per heavy atom. The quantitative estimate of drug-likeness (QED) is 0.447. The molecule has 0 spiro atoms. The first-order chi connectivity index (χ1) is 7.61. The molecule has 92 valence electrons. The van der Waals surface area contributed by atoms with E-state index in [0.29, 0.717) is 26.1 Å². The van der Waals surface area contributed by atoms with Crippen molar-refractivity contribution in [2.45, 2.75) is 37.9 Å². The Kier molecular flexibility index (Phi) is 12.4. The molecule has 0 aliphatic carbocycles. The molecule has 2 rings (SSSR count). The van der Waals surface area contributed by atoms with Crippen LogP contribution in [0.1, 0.15) is 25.7 Å². The minimum absolute atomic E-state index is 0. The van der Waals surface area contributed by atoms with E-state index in [9.17, 15) is 19.8 Å². The SMILES string of the molecule is O=C([O-])C1CCCO1.O=C([O-])C1CCCO1.[Li+].[Li+]. The number of rotatable bonds is 2. The van der Waals surface area contributed by atoms with E-state index >= 15 is 0 Å². The smallest absolute Gasteiger partial charge is 0.547 e. The van der Waals surface area contributed by atoms with Gasteiger partial charge in [0.15, 0.2) is 0 Å². The molecule has 2 saturated heterocycles. The summed E-state index contributed by atoms with van der Waals surface area (Å²) in [4.78, 5) is 19.9. The predicted molar refractivity (Wildman–Crippen MR) is 48.0 cm³/mol. The Bertz CT molecular complexity index is 223. The van der Waals surface area contributed by atoms with Crippen molar-refractivity contribution in [3.05, 3.63) is 0 Å². The number of carboxylic acid groups (broad SMARTS) is 2. The molecule has 2 aliphatic heterocycles. The van der Waals surface area contributed by atoms with E-state index in [1.165, 1.54) is 0 Å². The Morgan fingerprint density at radius 1 is 0.833 bits per heavy atom. The molecular formula is C10H14Li2O6. The van der Waals surface area contributed by atoms with Gasteiger partial charge in [0.2, 0.25) is 0 Å². The molecule has 2 heterocycles. The van der Waals surface area contributed by atoms with Crippen LogP contribution in [0.5, 0.6) is 0 Å². The van der Waals surface area contributed by atoms with E-state index in [1.807, 2.05) is 0 Å². The molecule has 0 radical (unpaired) electrons. The van der Waals surface area contributed by atoms with E-state index in [2.05, 4.69) is 0 Å². The van der Waals surface area contributed by atoms with Crippen molar-refractivity contribution >= 4 is 11.9 Å². The summed E-state index contributed by atoms with van der Waals surface area (Å²) < 4.78 is 9.50. The van der Waals surface area contributed by atoms with Crippen molar-refractivity contribution in [3.63, 3.8) is 0 Å². The van der Waals surface area contributed by atoms with Crippen LogP contribution in [0.2, 0.25) is 0 Å². The van der Waals surface area contributed by atoms with Gasteiger partial charge in [-0.15, -0.1) is 0 Å². The molecule has 0 aromatic heterocycles. The van der Waals surface area contributed by atoms with E-state index < -0.39 is 24.1 Å². The van der Waals surface area contributed by atoms with Crippen molar-refractivity contribution in [3.8, 4) is 0 Å². The van der Waals surface area contributed by atoms with Crippen LogP contribution in [0.4, 0.5) is 0 Å². The maximum absolute atomic E-state index is 9.97. The van der Waals surface area contributed by atoms with E-state index in [0.717, 1.165) is 12.8 Å². The zero-order valence-electron chi connectivity index (χ0n) is 10.8. The molecule has 8 heteroatoms. The molecule has 0 N–H and O–H groups in total. The average Bonchev–Trinajstić information content (AvgIpc) is 2.93. The molecule has 0 aromatic carbocycles. The molecule has 0 aromatic rings. The molecule has 2 unspecified atom stereocenters. The van der Waals surface area contributed by atoms with Crippen molar-refractivity contribution in [1.29, 1.82) is 0 Å². The van der Waals surface area contributed by atoms with Crippen LogP contribution in [0, 0.1) is 0 Å². The summed E-state index contributed by atoms with van der Waals surface area (Å²) in [6, 6.07) is 0. The Hall–Kier alpha value is 0.0548. The number of carbonyl (C=O) groups excluding carboxylic acids is 2. The van der Waals surface area contributed by atoms with Gasteiger partial charge < -0.3 is 29.3 Å². The third kappa shape index (κ3) is 7.48. The first-order valence-corrected chi connectivity index (χ1v) is 5.26. The molecule has 2 atom stereocenters. The Balaban J connectivity index is 0. The molecule has 0 bridgehead atoms. The monoisotopic (exact) mass is 244 g/mol. The number of ether oxygens (including phenoxy) is 2. The normalized spacial score (nSPS) is 25.1. The largest absolute Gasteiger partial charge is 1.00 e. The number of carbonyl (C=O) groups is 2. The summed E-state index contributed by atoms with van der Waals surface area (Å²) in [6.07, 6.45) is 1.66. The second-order valence-electron chi connectivity index (χ2n) is 3.64. The van der Waals surface area contributed by atoms with Gasteiger partial charge in [-0.2, -0.15) is 0 Å². The first-order valence-electron chi connectivity index (χ1n) is 5.26. The third-order valence-corrected chi connectivity index (χ3v) is 2.39. The summed E-state index contributed by atoms with van der Waals surface area (Å²) >= 11 is 0. The minimum Gasteiger partial charge on any atom is -0.547 e. The van der Waals surface area contributed by atoms with Gasteiger partial charge in [0.1, 0.15) is 0 Å². The zero-order chi connectivity index (χ0) is 12.0. The van der Waals surface area contributed by atoms with Crippen molar-refractivity contribution in [2.24, 2.45) is 0 Å². The average molecular weight is 244 g/mol. The molecular weight excluding hydrogens is 230 g/mol. The maximum atomic E-state index is 9.97. The number of hydrogen-bond acceptors (Lipinski definition) is 6. The summed E-state index contributed by atoms with van der Waals surface area (Å²) in [7, 11) is 0. The van der Waals surface area contributed by atoms with Gasteiger partial charge in [0, 0.05) is 13.2 Å². The second kappa shape index (κ2) is 10.9. The van der Waals surface area contributed by atoms with Crippen LogP contribution in [0.3, 0.4) is 0 Å². The molecule has 2 aliphatic rings. The van der Waals surface area contributed by atoms with E-state index in [-0.39, 0.29) is 37.7 Å². The molecule has 2 fully saturated rings. The topological polar surface area (TPSA) is 98.7 Å². The van der Waals surface area contributed by atoms with Crippen LogP contribution < -0.4 is 47.9 Å². The van der Waals surface area contributed by atoms with E-state index in [1.54, 1.807) is 0 Å². The maximum Gasteiger partial charge on any atom is 1.00 e. The predicted octanol–water partition coefficient (Wildman–Crippen LogP) is -8.16. The summed E-state index contributed by atoms with van der Waals surface area (Å²) in [6.45, 7) is 1.14. The standard InChI is InChI=1S/2C5H8O3.2Li/c2*6-5(7)4-2-1-3-8-4;;/h2*4H,1-3H2,(H,6,7);;/q;;2*+1/p-2. The summed E-state index contributed by atoms with van der Waals surface area (Å²) in [5.74, 6) is -2.16.